The lowest BCUT2D eigenvalue weighted by atomic mass is 10.1. The highest BCUT2D eigenvalue weighted by atomic mass is 32.2. The van der Waals surface area contributed by atoms with Gasteiger partial charge >= 0.3 is 5.97 Å². The molecule has 0 spiro atoms. The summed E-state index contributed by atoms with van der Waals surface area (Å²) in [6, 6.07) is 20.0. The number of carboxylic acids is 1. The number of allylic oxidation sites excluding steroid dienone is 1. The Morgan fingerprint density at radius 1 is 1.00 bits per heavy atom. The van der Waals surface area contributed by atoms with Crippen LogP contribution in [0.4, 0.5) is 0 Å². The van der Waals surface area contributed by atoms with E-state index in [-0.39, 0.29) is 5.91 Å². The van der Waals surface area contributed by atoms with E-state index >= 15 is 0 Å². The molecule has 6 heteroatoms. The van der Waals surface area contributed by atoms with Crippen molar-refractivity contribution in [3.8, 4) is 0 Å². The molecule has 4 nitrogen and oxygen atoms in total. The molecule has 166 valence electrons. The predicted molar refractivity (Wildman–Crippen MR) is 134 cm³/mol. The van der Waals surface area contributed by atoms with Crippen molar-refractivity contribution in [3.63, 3.8) is 0 Å². The van der Waals surface area contributed by atoms with Gasteiger partial charge in [-0.3, -0.25) is 4.79 Å². The van der Waals surface area contributed by atoms with E-state index in [0.717, 1.165) is 19.3 Å². The Bertz CT molecular complexity index is 803. The summed E-state index contributed by atoms with van der Waals surface area (Å²) in [6.45, 7) is 3.55. The number of nitrogens with one attached hydrogen (secondary N) is 1. The Balaban J connectivity index is 2.29. The summed E-state index contributed by atoms with van der Waals surface area (Å²) < 4.78 is 0. The molecule has 0 saturated heterocycles. The van der Waals surface area contributed by atoms with Crippen LogP contribution in [0.2, 0.25) is 0 Å². The van der Waals surface area contributed by atoms with Crippen LogP contribution in [0.3, 0.4) is 0 Å². The molecule has 2 N–H and O–H groups in total. The molecule has 2 aromatic carbocycles. The van der Waals surface area contributed by atoms with E-state index in [9.17, 15) is 14.7 Å². The molecule has 0 unspecified atom stereocenters. The summed E-state index contributed by atoms with van der Waals surface area (Å²) in [7, 11) is -0.695. The van der Waals surface area contributed by atoms with Gasteiger partial charge in [0.25, 0.3) is 0 Å². The maximum Gasteiger partial charge on any atom is 0.327 e. The quantitative estimate of drug-likeness (QED) is 0.318. The van der Waals surface area contributed by atoms with Crippen LogP contribution in [0.15, 0.2) is 71.4 Å². The van der Waals surface area contributed by atoms with Gasteiger partial charge in [0.1, 0.15) is 6.04 Å². The van der Waals surface area contributed by atoms with Crippen LogP contribution in [0, 0.1) is 0 Å². The SMILES string of the molecule is CCCCCC/C(=C/P(c1ccccc1)c1ccccc1)SC[C@H](NC(C)=O)C(=O)O. The molecule has 0 heterocycles. The van der Waals surface area contributed by atoms with E-state index in [4.69, 9.17) is 0 Å². The molecule has 0 aliphatic rings. The molecule has 0 aromatic heterocycles. The van der Waals surface area contributed by atoms with Crippen molar-refractivity contribution >= 4 is 42.2 Å². The van der Waals surface area contributed by atoms with Crippen molar-refractivity contribution in [3.05, 3.63) is 71.4 Å². The number of thioether (sulfide) groups is 1. The van der Waals surface area contributed by atoms with Gasteiger partial charge in [-0.15, -0.1) is 11.8 Å². The number of hydrogen-bond acceptors (Lipinski definition) is 3. The molecule has 0 aliphatic carbocycles. The minimum Gasteiger partial charge on any atom is -0.480 e. The van der Waals surface area contributed by atoms with Gasteiger partial charge in [-0.2, -0.15) is 0 Å². The first-order valence-corrected chi connectivity index (χ1v) is 13.1. The number of carbonyl (C=O) groups is 2. The largest absolute Gasteiger partial charge is 0.480 e. The second kappa shape index (κ2) is 14.1. The second-order valence-electron chi connectivity index (χ2n) is 7.35. The first-order chi connectivity index (χ1) is 15.0. The molecule has 1 amide bonds. The highest BCUT2D eigenvalue weighted by molar-refractivity contribution is 8.03. The topological polar surface area (TPSA) is 66.4 Å². The fraction of sp³-hybridized carbons (Fsp3) is 0.360. The third-order valence-corrected chi connectivity index (χ3v) is 8.38. The van der Waals surface area contributed by atoms with E-state index in [0.29, 0.717) is 5.75 Å². The van der Waals surface area contributed by atoms with Crippen molar-refractivity contribution in [2.45, 2.75) is 52.0 Å². The second-order valence-corrected chi connectivity index (χ2v) is 10.5. The van der Waals surface area contributed by atoms with Gasteiger partial charge in [0.2, 0.25) is 5.91 Å². The average Bonchev–Trinajstić information content (AvgIpc) is 2.77. The minimum absolute atomic E-state index is 0.321. The van der Waals surface area contributed by atoms with E-state index < -0.39 is 19.9 Å². The summed E-state index contributed by atoms with van der Waals surface area (Å²) in [5.74, 6) is 1.34. The third-order valence-electron chi connectivity index (χ3n) is 4.73. The van der Waals surface area contributed by atoms with Crippen LogP contribution in [0.5, 0.6) is 0 Å². The minimum atomic E-state index is -0.999. The van der Waals surface area contributed by atoms with Gasteiger partial charge in [0, 0.05) is 12.7 Å². The lowest BCUT2D eigenvalue weighted by molar-refractivity contribution is -0.140. The van der Waals surface area contributed by atoms with Crippen molar-refractivity contribution < 1.29 is 14.7 Å². The molecular weight excluding hydrogens is 425 g/mol. The number of benzene rings is 2. The van der Waals surface area contributed by atoms with Crippen molar-refractivity contribution in [1.29, 1.82) is 0 Å². The smallest absolute Gasteiger partial charge is 0.327 e. The number of amides is 1. The first-order valence-electron chi connectivity index (χ1n) is 10.7. The van der Waals surface area contributed by atoms with Crippen LogP contribution in [-0.2, 0) is 9.59 Å². The van der Waals surface area contributed by atoms with Crippen LogP contribution in [0.1, 0.15) is 46.0 Å². The maximum atomic E-state index is 11.6. The van der Waals surface area contributed by atoms with Crippen LogP contribution >= 0.6 is 19.7 Å². The molecule has 2 rings (SSSR count). The lowest BCUT2D eigenvalue weighted by Gasteiger charge is -2.19. The average molecular weight is 458 g/mol. The van der Waals surface area contributed by atoms with Crippen molar-refractivity contribution in [2.24, 2.45) is 0 Å². The van der Waals surface area contributed by atoms with Gasteiger partial charge in [0.05, 0.1) is 0 Å². The zero-order valence-electron chi connectivity index (χ0n) is 18.3. The summed E-state index contributed by atoms with van der Waals surface area (Å²) in [5, 5.41) is 14.6. The first kappa shape index (κ1) is 25.2. The van der Waals surface area contributed by atoms with Crippen molar-refractivity contribution in [1.82, 2.24) is 5.32 Å². The van der Waals surface area contributed by atoms with Gasteiger partial charge in [-0.1, -0.05) is 86.8 Å². The predicted octanol–water partition coefficient (Wildman–Crippen LogP) is 5.25. The Labute approximate surface area is 191 Å². The van der Waals surface area contributed by atoms with Crippen molar-refractivity contribution in [2.75, 3.05) is 5.75 Å². The van der Waals surface area contributed by atoms with E-state index in [2.05, 4.69) is 66.6 Å². The molecule has 0 fully saturated rings. The molecule has 0 aliphatic heterocycles. The Kier molecular flexibility index (Phi) is 11.4. The van der Waals surface area contributed by atoms with Gasteiger partial charge in [-0.05, 0) is 42.1 Å². The highest BCUT2D eigenvalue weighted by Gasteiger charge is 2.20. The van der Waals surface area contributed by atoms with E-state index in [1.807, 2.05) is 12.1 Å². The van der Waals surface area contributed by atoms with E-state index in [1.54, 1.807) is 11.8 Å². The van der Waals surface area contributed by atoms with Crippen LogP contribution < -0.4 is 15.9 Å². The van der Waals surface area contributed by atoms with Gasteiger partial charge in [0.15, 0.2) is 0 Å². The Morgan fingerprint density at radius 2 is 1.58 bits per heavy atom. The monoisotopic (exact) mass is 457 g/mol. The van der Waals surface area contributed by atoms with Gasteiger partial charge in [-0.25, -0.2) is 4.79 Å². The molecule has 0 radical (unpaired) electrons. The lowest BCUT2D eigenvalue weighted by Crippen LogP contribution is -2.41. The standard InChI is InChI=1S/C25H32NO3PS/c1-3-4-5-12-17-23(31-19-24(25(28)29)26-20(2)27)18-30(21-13-8-6-9-14-21)22-15-10-7-11-16-22/h6-11,13-16,18,24H,3-5,12,17,19H2,1-2H3,(H,26,27)(H,28,29)/b23-18-/t24-/m0/s1. The maximum absolute atomic E-state index is 11.6. The third kappa shape index (κ3) is 9.28. The Hall–Kier alpha value is -2.10. The van der Waals surface area contributed by atoms with Gasteiger partial charge < -0.3 is 10.4 Å². The number of aliphatic carboxylic acids is 1. The number of carbonyl (C=O) groups excluding carboxylic acids is 1. The molecule has 0 saturated carbocycles. The number of carboxylic acid groups (broad SMARTS) is 1. The molecule has 31 heavy (non-hydrogen) atoms. The summed E-state index contributed by atoms with van der Waals surface area (Å²) in [5.41, 5.74) is 0. The Morgan fingerprint density at radius 3 is 2.06 bits per heavy atom. The van der Waals surface area contributed by atoms with Crippen LogP contribution in [0.25, 0.3) is 0 Å². The fourth-order valence-electron chi connectivity index (χ4n) is 3.13. The zero-order chi connectivity index (χ0) is 22.5. The number of unbranched alkanes of at least 4 members (excludes halogenated alkanes) is 3. The summed E-state index contributed by atoms with van der Waals surface area (Å²) in [6.07, 6.45) is 5.55. The molecule has 0 bridgehead atoms. The highest BCUT2D eigenvalue weighted by Crippen LogP contribution is 2.40. The number of hydrogen-bond donors (Lipinski definition) is 2. The zero-order valence-corrected chi connectivity index (χ0v) is 20.0. The molecular formula is C25H32NO3PS. The summed E-state index contributed by atoms with van der Waals surface area (Å²) >= 11 is 1.56. The molecule has 1 atom stereocenters. The van der Waals surface area contributed by atoms with Crippen LogP contribution in [-0.4, -0.2) is 28.8 Å². The normalized spacial score (nSPS) is 12.5. The number of rotatable bonds is 13. The fourth-order valence-corrected chi connectivity index (χ4v) is 6.64. The molecule has 2 aromatic rings. The van der Waals surface area contributed by atoms with E-state index in [1.165, 1.54) is 35.3 Å². The summed E-state index contributed by atoms with van der Waals surface area (Å²) in [4.78, 5) is 24.2.